The van der Waals surface area contributed by atoms with Crippen molar-refractivity contribution in [1.82, 2.24) is 4.90 Å². The first-order chi connectivity index (χ1) is 14.5. The maximum Gasteiger partial charge on any atom is 0.248 e. The molecule has 0 saturated carbocycles. The minimum Gasteiger partial charge on any atom is -0.366 e. The molecule has 0 radical (unpaired) electrons. The van der Waals surface area contributed by atoms with E-state index in [4.69, 9.17) is 5.73 Å². The Morgan fingerprint density at radius 3 is 2.40 bits per heavy atom. The third kappa shape index (κ3) is 5.24. The lowest BCUT2D eigenvalue weighted by Crippen LogP contribution is -2.38. The van der Waals surface area contributed by atoms with Gasteiger partial charge >= 0.3 is 0 Å². The van der Waals surface area contributed by atoms with Crippen molar-refractivity contribution >= 4 is 29.3 Å². The number of rotatable bonds is 10. The van der Waals surface area contributed by atoms with Crippen molar-refractivity contribution in [3.05, 3.63) is 59.7 Å². The molecule has 0 spiro atoms. The fraction of sp³-hybridized carbons (Fsp3) is 0.417. The molecule has 0 bridgehead atoms. The molecule has 5 nitrogen and oxygen atoms in total. The molecule has 1 atom stereocenters. The van der Waals surface area contributed by atoms with E-state index >= 15 is 0 Å². The number of anilines is 1. The second kappa shape index (κ2) is 10.6. The van der Waals surface area contributed by atoms with Gasteiger partial charge in [-0.2, -0.15) is 0 Å². The van der Waals surface area contributed by atoms with Crippen LogP contribution in [0.25, 0.3) is 0 Å². The molecule has 3 rings (SSSR count). The highest BCUT2D eigenvalue weighted by Gasteiger charge is 2.34. The highest BCUT2D eigenvalue weighted by Crippen LogP contribution is 2.46. The number of unbranched alkanes of at least 4 members (excludes halogenated alkanes) is 2. The van der Waals surface area contributed by atoms with E-state index in [1.54, 1.807) is 23.9 Å². The number of amides is 2. The molecule has 0 aromatic heterocycles. The van der Waals surface area contributed by atoms with Crippen molar-refractivity contribution in [1.29, 1.82) is 0 Å². The van der Waals surface area contributed by atoms with E-state index in [2.05, 4.69) is 24.8 Å². The van der Waals surface area contributed by atoms with Crippen LogP contribution in [-0.2, 0) is 4.79 Å². The number of primary amides is 1. The number of fused-ring (bicyclic) bond motifs is 1. The third-order valence-corrected chi connectivity index (χ3v) is 6.95. The lowest BCUT2D eigenvalue weighted by atomic mass is 10.1. The van der Waals surface area contributed by atoms with Gasteiger partial charge in [-0.3, -0.25) is 9.59 Å². The van der Waals surface area contributed by atoms with E-state index in [1.165, 1.54) is 0 Å². The predicted octanol–water partition coefficient (Wildman–Crippen LogP) is 4.48. The fourth-order valence-corrected chi connectivity index (χ4v) is 5.03. The van der Waals surface area contributed by atoms with E-state index in [-0.39, 0.29) is 11.2 Å². The summed E-state index contributed by atoms with van der Waals surface area (Å²) >= 11 is 1.58. The lowest BCUT2D eigenvalue weighted by molar-refractivity contribution is -0.118. The minimum absolute atomic E-state index is 0.106. The van der Waals surface area contributed by atoms with E-state index in [1.807, 2.05) is 35.2 Å². The summed E-state index contributed by atoms with van der Waals surface area (Å²) in [6.45, 7) is 8.40. The summed E-state index contributed by atoms with van der Waals surface area (Å²) in [5.41, 5.74) is 7.70. The summed E-state index contributed by atoms with van der Waals surface area (Å²) in [5, 5.41) is -0.308. The van der Waals surface area contributed by atoms with Gasteiger partial charge in [-0.1, -0.05) is 44.5 Å². The molecule has 1 heterocycles. The zero-order chi connectivity index (χ0) is 21.5. The molecule has 2 N–H and O–H groups in total. The van der Waals surface area contributed by atoms with Crippen LogP contribution in [0, 0.1) is 0 Å². The van der Waals surface area contributed by atoms with Crippen LogP contribution >= 0.6 is 11.8 Å². The van der Waals surface area contributed by atoms with E-state index in [9.17, 15) is 9.59 Å². The van der Waals surface area contributed by atoms with Gasteiger partial charge in [-0.25, -0.2) is 0 Å². The summed E-state index contributed by atoms with van der Waals surface area (Å²) in [6, 6.07) is 15.2. The number of nitrogens with two attached hydrogens (primary N) is 1. The highest BCUT2D eigenvalue weighted by molar-refractivity contribution is 8.00. The molecular weight excluding hydrogens is 394 g/mol. The van der Waals surface area contributed by atoms with Gasteiger partial charge in [0.2, 0.25) is 11.8 Å². The Labute approximate surface area is 183 Å². The molecule has 0 fully saturated rings. The number of hydrogen-bond donors (Lipinski definition) is 1. The minimum atomic E-state index is -0.458. The number of para-hydroxylation sites is 1. The first-order valence-corrected chi connectivity index (χ1v) is 11.6. The zero-order valence-electron chi connectivity index (χ0n) is 17.8. The van der Waals surface area contributed by atoms with Crippen molar-refractivity contribution in [2.75, 3.05) is 31.1 Å². The van der Waals surface area contributed by atoms with Gasteiger partial charge in [0.05, 0.1) is 5.69 Å². The number of benzene rings is 2. The Hall–Kier alpha value is -2.31. The van der Waals surface area contributed by atoms with E-state index in [0.717, 1.165) is 61.6 Å². The fourth-order valence-electron chi connectivity index (χ4n) is 3.80. The standard InChI is InChI=1S/C24H31N3O2S/c1-3-26(4-2)16-8-5-9-17-27-20-10-6-7-11-21(20)30-22(24(27)29)18-12-14-19(15-13-18)23(25)28/h6-7,10-15,22H,3-5,8-9,16-17H2,1-2H3,(H2,25,28). The number of hydrogen-bond acceptors (Lipinski definition) is 4. The molecule has 2 aromatic carbocycles. The molecule has 0 aliphatic carbocycles. The second-order valence-corrected chi connectivity index (χ2v) is 8.68. The van der Waals surface area contributed by atoms with Crippen molar-refractivity contribution in [2.45, 2.75) is 43.3 Å². The first-order valence-electron chi connectivity index (χ1n) is 10.7. The van der Waals surface area contributed by atoms with Gasteiger partial charge in [-0.05, 0) is 62.3 Å². The number of nitrogens with zero attached hydrogens (tertiary/aromatic N) is 2. The van der Waals surface area contributed by atoms with Crippen LogP contribution in [0.3, 0.4) is 0 Å². The van der Waals surface area contributed by atoms with Crippen molar-refractivity contribution in [2.24, 2.45) is 5.73 Å². The molecule has 2 amide bonds. The highest BCUT2D eigenvalue weighted by atomic mass is 32.2. The van der Waals surface area contributed by atoms with Crippen molar-refractivity contribution in [3.63, 3.8) is 0 Å². The third-order valence-electron chi connectivity index (χ3n) is 5.64. The van der Waals surface area contributed by atoms with Gasteiger partial charge in [0.1, 0.15) is 5.25 Å². The second-order valence-electron chi connectivity index (χ2n) is 7.53. The number of thioether (sulfide) groups is 1. The molecule has 1 unspecified atom stereocenters. The maximum absolute atomic E-state index is 13.4. The smallest absolute Gasteiger partial charge is 0.248 e. The van der Waals surface area contributed by atoms with Crippen LogP contribution < -0.4 is 10.6 Å². The Bertz CT molecular complexity index is 865. The average Bonchev–Trinajstić information content (AvgIpc) is 2.77. The summed E-state index contributed by atoms with van der Waals surface area (Å²) in [5.74, 6) is -0.352. The normalized spacial score (nSPS) is 16.0. The molecule has 6 heteroatoms. The Morgan fingerprint density at radius 1 is 1.03 bits per heavy atom. The average molecular weight is 426 g/mol. The van der Waals surface area contributed by atoms with Crippen LogP contribution in [0.1, 0.15) is 54.3 Å². The van der Waals surface area contributed by atoms with Gasteiger partial charge in [0, 0.05) is 17.0 Å². The van der Waals surface area contributed by atoms with Gasteiger partial charge < -0.3 is 15.5 Å². The number of carbonyl (C=O) groups is 2. The Kier molecular flexibility index (Phi) is 7.94. The van der Waals surface area contributed by atoms with Crippen LogP contribution in [0.15, 0.2) is 53.4 Å². The quantitative estimate of drug-likeness (QED) is 0.570. The lowest BCUT2D eigenvalue weighted by Gasteiger charge is -2.34. The topological polar surface area (TPSA) is 66.6 Å². The zero-order valence-corrected chi connectivity index (χ0v) is 18.7. The molecule has 2 aromatic rings. The van der Waals surface area contributed by atoms with Gasteiger partial charge in [-0.15, -0.1) is 11.8 Å². The summed E-state index contributed by atoms with van der Waals surface area (Å²) < 4.78 is 0. The maximum atomic E-state index is 13.4. The predicted molar refractivity (Wildman–Crippen MR) is 124 cm³/mol. The molecular formula is C24H31N3O2S. The van der Waals surface area contributed by atoms with E-state index < -0.39 is 5.91 Å². The van der Waals surface area contributed by atoms with Crippen LogP contribution in [-0.4, -0.2) is 42.9 Å². The molecule has 30 heavy (non-hydrogen) atoms. The van der Waals surface area contributed by atoms with Crippen LogP contribution in [0.4, 0.5) is 5.69 Å². The monoisotopic (exact) mass is 425 g/mol. The summed E-state index contributed by atoms with van der Waals surface area (Å²) in [7, 11) is 0. The summed E-state index contributed by atoms with van der Waals surface area (Å²) in [6.07, 6.45) is 3.24. The largest absolute Gasteiger partial charge is 0.366 e. The Morgan fingerprint density at radius 2 is 1.73 bits per heavy atom. The van der Waals surface area contributed by atoms with Gasteiger partial charge in [0.25, 0.3) is 0 Å². The number of carbonyl (C=O) groups excluding carboxylic acids is 2. The molecule has 1 aliphatic rings. The van der Waals surface area contributed by atoms with Crippen LogP contribution in [0.5, 0.6) is 0 Å². The van der Waals surface area contributed by atoms with Crippen molar-refractivity contribution in [3.8, 4) is 0 Å². The molecule has 0 saturated heterocycles. The molecule has 1 aliphatic heterocycles. The van der Waals surface area contributed by atoms with Crippen LogP contribution in [0.2, 0.25) is 0 Å². The molecule has 160 valence electrons. The van der Waals surface area contributed by atoms with E-state index in [0.29, 0.717) is 5.56 Å². The SMILES string of the molecule is CCN(CC)CCCCCN1C(=O)C(c2ccc(C(N)=O)cc2)Sc2ccccc21. The van der Waals surface area contributed by atoms with Gasteiger partial charge in [0.15, 0.2) is 0 Å². The Balaban J connectivity index is 1.70. The summed E-state index contributed by atoms with van der Waals surface area (Å²) in [4.78, 5) is 30.2. The first kappa shape index (κ1) is 22.4. The van der Waals surface area contributed by atoms with Crippen molar-refractivity contribution < 1.29 is 9.59 Å².